The van der Waals surface area contributed by atoms with Crippen LogP contribution in [0.25, 0.3) is 22.6 Å². The van der Waals surface area contributed by atoms with Crippen molar-refractivity contribution in [1.82, 2.24) is 14.7 Å². The van der Waals surface area contributed by atoms with Crippen molar-refractivity contribution >= 4 is 23.4 Å². The van der Waals surface area contributed by atoms with Crippen molar-refractivity contribution < 1.29 is 9.95 Å². The third kappa shape index (κ3) is 1.79. The Kier molecular flexibility index (Phi) is 2.42. The van der Waals surface area contributed by atoms with E-state index in [-0.39, 0.29) is 0 Å². The van der Waals surface area contributed by atoms with Crippen molar-refractivity contribution in [2.75, 3.05) is 0 Å². The van der Waals surface area contributed by atoms with Crippen LogP contribution in [0, 0.1) is 5.21 Å². The zero-order chi connectivity index (χ0) is 13.4. The molecule has 0 saturated heterocycles. The van der Waals surface area contributed by atoms with E-state index in [4.69, 9.17) is 0 Å². The molecular weight excluding hydrogens is 244 g/mol. The number of imidazole rings is 1. The van der Waals surface area contributed by atoms with Crippen LogP contribution in [0.1, 0.15) is 0 Å². The SMILES string of the molecule is C=[N+]([O-])c1ccc2nc(-c3ccccn3)n(O)c2c1. The largest absolute Gasteiger partial charge is 0.619 e. The summed E-state index contributed by atoms with van der Waals surface area (Å²) in [7, 11) is 0. The molecular formula is C13H10N4O2. The number of aromatic nitrogens is 3. The van der Waals surface area contributed by atoms with Crippen molar-refractivity contribution in [2.24, 2.45) is 0 Å². The minimum Gasteiger partial charge on any atom is -0.619 e. The molecule has 0 aliphatic heterocycles. The highest BCUT2D eigenvalue weighted by atomic mass is 16.5. The molecule has 0 aliphatic carbocycles. The first-order valence-electron chi connectivity index (χ1n) is 5.58. The Labute approximate surface area is 108 Å². The smallest absolute Gasteiger partial charge is 0.218 e. The Morgan fingerprint density at radius 2 is 2.11 bits per heavy atom. The Bertz CT molecular complexity index is 765. The molecule has 0 unspecified atom stereocenters. The highest BCUT2D eigenvalue weighted by molar-refractivity contribution is 5.81. The molecule has 0 fully saturated rings. The van der Waals surface area contributed by atoms with Gasteiger partial charge in [-0.05, 0) is 18.2 Å². The molecule has 19 heavy (non-hydrogen) atoms. The van der Waals surface area contributed by atoms with E-state index in [2.05, 4.69) is 16.7 Å². The van der Waals surface area contributed by atoms with Crippen LogP contribution in [-0.2, 0) is 0 Å². The number of fused-ring (bicyclic) bond motifs is 1. The molecule has 6 heteroatoms. The molecule has 6 nitrogen and oxygen atoms in total. The average Bonchev–Trinajstić information content (AvgIpc) is 2.77. The van der Waals surface area contributed by atoms with Gasteiger partial charge in [0.1, 0.15) is 17.9 Å². The van der Waals surface area contributed by atoms with Crippen LogP contribution in [-0.4, -0.2) is 31.4 Å². The minimum absolute atomic E-state index is 0.328. The third-order valence-corrected chi connectivity index (χ3v) is 2.80. The van der Waals surface area contributed by atoms with Gasteiger partial charge >= 0.3 is 0 Å². The van der Waals surface area contributed by atoms with Crippen molar-refractivity contribution in [3.05, 3.63) is 47.8 Å². The van der Waals surface area contributed by atoms with Gasteiger partial charge < -0.3 is 10.4 Å². The number of hydrogen-bond acceptors (Lipinski definition) is 4. The summed E-state index contributed by atoms with van der Waals surface area (Å²) >= 11 is 0. The highest BCUT2D eigenvalue weighted by Gasteiger charge is 2.14. The summed E-state index contributed by atoms with van der Waals surface area (Å²) in [5.41, 5.74) is 1.91. The summed E-state index contributed by atoms with van der Waals surface area (Å²) in [6.07, 6.45) is 1.62. The monoisotopic (exact) mass is 254 g/mol. The average molecular weight is 254 g/mol. The van der Waals surface area contributed by atoms with Gasteiger partial charge in [0.2, 0.25) is 5.69 Å². The maximum absolute atomic E-state index is 11.2. The predicted molar refractivity (Wildman–Crippen MR) is 70.6 cm³/mol. The van der Waals surface area contributed by atoms with Crippen LogP contribution in [0.2, 0.25) is 0 Å². The summed E-state index contributed by atoms with van der Waals surface area (Å²) in [5.74, 6) is 0.328. The summed E-state index contributed by atoms with van der Waals surface area (Å²) in [4.78, 5) is 8.43. The second-order valence-corrected chi connectivity index (χ2v) is 4.01. The van der Waals surface area contributed by atoms with Crippen LogP contribution in [0.4, 0.5) is 5.69 Å². The molecule has 94 valence electrons. The van der Waals surface area contributed by atoms with Crippen molar-refractivity contribution in [1.29, 1.82) is 0 Å². The molecule has 0 bridgehead atoms. The first-order valence-corrected chi connectivity index (χ1v) is 5.58. The molecule has 3 rings (SSSR count). The topological polar surface area (TPSA) is 77.0 Å². The zero-order valence-corrected chi connectivity index (χ0v) is 9.89. The fourth-order valence-electron chi connectivity index (χ4n) is 1.87. The Balaban J connectivity index is 2.24. The van der Waals surface area contributed by atoms with Crippen LogP contribution in [0.15, 0.2) is 42.6 Å². The van der Waals surface area contributed by atoms with E-state index < -0.39 is 0 Å². The highest BCUT2D eigenvalue weighted by Crippen LogP contribution is 2.24. The Morgan fingerprint density at radius 1 is 1.26 bits per heavy atom. The lowest BCUT2D eigenvalue weighted by Crippen LogP contribution is -1.96. The van der Waals surface area contributed by atoms with Crippen LogP contribution in [0.3, 0.4) is 0 Å². The fourth-order valence-corrected chi connectivity index (χ4v) is 1.87. The Hall–Kier alpha value is -2.89. The summed E-state index contributed by atoms with van der Waals surface area (Å²) in [6, 6.07) is 10.1. The van der Waals surface area contributed by atoms with Crippen LogP contribution < -0.4 is 0 Å². The molecule has 0 aliphatic rings. The second-order valence-electron chi connectivity index (χ2n) is 4.01. The molecule has 0 saturated carbocycles. The zero-order valence-electron chi connectivity index (χ0n) is 9.89. The maximum atomic E-state index is 11.2. The quantitative estimate of drug-likeness (QED) is 0.250. The second kappa shape index (κ2) is 4.09. The maximum Gasteiger partial charge on any atom is 0.218 e. The van der Waals surface area contributed by atoms with E-state index in [1.807, 2.05) is 6.07 Å². The van der Waals surface area contributed by atoms with Crippen LogP contribution >= 0.6 is 0 Å². The van der Waals surface area contributed by atoms with Gasteiger partial charge in [0.05, 0.1) is 5.52 Å². The van der Waals surface area contributed by atoms with Crippen molar-refractivity contribution in [2.45, 2.75) is 0 Å². The summed E-state index contributed by atoms with van der Waals surface area (Å²) in [5, 5.41) is 21.3. The number of nitrogens with zero attached hydrogens (tertiary/aromatic N) is 4. The Morgan fingerprint density at radius 3 is 2.79 bits per heavy atom. The predicted octanol–water partition coefficient (Wildman–Crippen LogP) is 2.18. The number of hydrogen-bond donors (Lipinski definition) is 1. The number of rotatable bonds is 2. The molecule has 1 N–H and O–H groups in total. The normalized spacial score (nSPS) is 10.7. The van der Waals surface area contributed by atoms with Gasteiger partial charge in [0.25, 0.3) is 0 Å². The molecule has 1 aromatic carbocycles. The first kappa shape index (κ1) is 11.2. The van der Waals surface area contributed by atoms with Gasteiger partial charge in [0.15, 0.2) is 5.82 Å². The van der Waals surface area contributed by atoms with E-state index in [0.717, 1.165) is 4.73 Å². The van der Waals surface area contributed by atoms with Gasteiger partial charge in [-0.25, -0.2) is 4.98 Å². The first-order chi connectivity index (χ1) is 9.16. The van der Waals surface area contributed by atoms with Gasteiger partial charge in [-0.15, -0.1) is 0 Å². The lowest BCUT2D eigenvalue weighted by Gasteiger charge is -2.01. The van der Waals surface area contributed by atoms with E-state index in [0.29, 0.717) is 33.0 Å². The lowest BCUT2D eigenvalue weighted by molar-refractivity contribution is -0.349. The van der Waals surface area contributed by atoms with Gasteiger partial charge in [-0.2, -0.15) is 9.47 Å². The van der Waals surface area contributed by atoms with E-state index in [9.17, 15) is 10.4 Å². The third-order valence-electron chi connectivity index (χ3n) is 2.80. The summed E-state index contributed by atoms with van der Waals surface area (Å²) in [6.45, 7) is 3.26. The molecule has 0 atom stereocenters. The molecule has 3 aromatic rings. The fraction of sp³-hybridized carbons (Fsp3) is 0. The number of benzene rings is 1. The van der Waals surface area contributed by atoms with Gasteiger partial charge in [-0.3, -0.25) is 4.98 Å². The van der Waals surface area contributed by atoms with E-state index in [1.165, 1.54) is 6.07 Å². The molecule has 2 heterocycles. The number of pyridine rings is 1. The molecule has 0 amide bonds. The standard InChI is InChI=1S/C13H10N4O2/c1-16(18)9-5-6-10-12(8-9)17(19)13(15-10)11-4-2-3-7-14-11/h2-8,19H,1H2. The van der Waals surface area contributed by atoms with Crippen LogP contribution in [0.5, 0.6) is 0 Å². The van der Waals surface area contributed by atoms with Crippen molar-refractivity contribution in [3.8, 4) is 11.5 Å². The van der Waals surface area contributed by atoms with Crippen molar-refractivity contribution in [3.63, 3.8) is 0 Å². The van der Waals surface area contributed by atoms with E-state index in [1.54, 1.807) is 30.5 Å². The minimum atomic E-state index is 0.328. The molecule has 2 aromatic heterocycles. The molecule has 0 radical (unpaired) electrons. The molecule has 0 spiro atoms. The van der Waals surface area contributed by atoms with Gasteiger partial charge in [0, 0.05) is 18.3 Å². The summed E-state index contributed by atoms with van der Waals surface area (Å²) < 4.78 is 1.40. The lowest BCUT2D eigenvalue weighted by atomic mass is 10.3. The van der Waals surface area contributed by atoms with Gasteiger partial charge in [-0.1, -0.05) is 6.07 Å². The van der Waals surface area contributed by atoms with E-state index >= 15 is 0 Å².